The molecule has 0 bridgehead atoms. The standard InChI is InChI=1S/C21H35NO2/c1-19-10-8-15-14(16(19)12-20(2,13-19)24-5)6-7-17-21(15,3)11-9-18(23)22(17)4/h14-17H,6-13H2,1-5H3/t14-,15+,16+,17-,19-,20+,21-/m1/s1. The number of carbonyl (C=O) groups excluding carboxylic acids is 1. The number of piperidine rings is 1. The zero-order valence-corrected chi connectivity index (χ0v) is 16.2. The topological polar surface area (TPSA) is 29.5 Å². The summed E-state index contributed by atoms with van der Waals surface area (Å²) in [5, 5.41) is 0. The van der Waals surface area contributed by atoms with Gasteiger partial charge in [0.05, 0.1) is 5.60 Å². The summed E-state index contributed by atoms with van der Waals surface area (Å²) in [4.78, 5) is 14.3. The number of hydrogen-bond donors (Lipinski definition) is 0. The molecule has 0 radical (unpaired) electrons. The molecule has 3 saturated carbocycles. The van der Waals surface area contributed by atoms with E-state index >= 15 is 0 Å². The second-order valence-corrected chi connectivity index (χ2v) is 10.2. The van der Waals surface area contributed by atoms with Crippen LogP contribution >= 0.6 is 0 Å². The van der Waals surface area contributed by atoms with Crippen molar-refractivity contribution in [2.75, 3.05) is 14.2 Å². The van der Waals surface area contributed by atoms with Gasteiger partial charge >= 0.3 is 0 Å². The van der Waals surface area contributed by atoms with Crippen molar-refractivity contribution in [3.8, 4) is 0 Å². The summed E-state index contributed by atoms with van der Waals surface area (Å²) in [5.41, 5.74) is 0.871. The van der Waals surface area contributed by atoms with Crippen molar-refractivity contribution in [2.45, 2.75) is 83.8 Å². The third-order valence-corrected chi connectivity index (χ3v) is 9.00. The van der Waals surface area contributed by atoms with Gasteiger partial charge in [0.25, 0.3) is 0 Å². The highest BCUT2D eigenvalue weighted by Crippen LogP contribution is 2.66. The normalized spacial score (nSPS) is 54.2. The Labute approximate surface area is 147 Å². The van der Waals surface area contributed by atoms with Gasteiger partial charge in [-0.05, 0) is 80.5 Å². The van der Waals surface area contributed by atoms with Crippen LogP contribution in [0.1, 0.15) is 72.1 Å². The van der Waals surface area contributed by atoms with Crippen LogP contribution in [-0.4, -0.2) is 36.6 Å². The second kappa shape index (κ2) is 5.22. The smallest absolute Gasteiger partial charge is 0.222 e. The molecule has 136 valence electrons. The predicted octanol–water partition coefficient (Wildman–Crippen LogP) is 4.25. The van der Waals surface area contributed by atoms with E-state index in [1.54, 1.807) is 0 Å². The zero-order chi connectivity index (χ0) is 17.3. The zero-order valence-electron chi connectivity index (χ0n) is 16.2. The van der Waals surface area contributed by atoms with Crippen molar-refractivity contribution in [3.63, 3.8) is 0 Å². The van der Waals surface area contributed by atoms with Crippen LogP contribution in [0.4, 0.5) is 0 Å². The molecule has 4 aliphatic rings. The van der Waals surface area contributed by atoms with Crippen LogP contribution in [0.5, 0.6) is 0 Å². The lowest BCUT2D eigenvalue weighted by Gasteiger charge is -2.61. The number of likely N-dealkylation sites (tertiary alicyclic amines) is 1. The molecule has 0 unspecified atom stereocenters. The molecule has 24 heavy (non-hydrogen) atoms. The summed E-state index contributed by atoms with van der Waals surface area (Å²) < 4.78 is 5.95. The summed E-state index contributed by atoms with van der Waals surface area (Å²) in [6, 6.07) is 0.472. The molecule has 0 spiro atoms. The number of fused-ring (bicyclic) bond motifs is 5. The first-order valence-electron chi connectivity index (χ1n) is 10.0. The molecule has 1 saturated heterocycles. The summed E-state index contributed by atoms with van der Waals surface area (Å²) in [5.74, 6) is 2.80. The van der Waals surface area contributed by atoms with E-state index in [0.29, 0.717) is 22.8 Å². The van der Waals surface area contributed by atoms with Crippen LogP contribution in [-0.2, 0) is 9.53 Å². The lowest BCUT2D eigenvalue weighted by molar-refractivity contribution is -0.156. The minimum atomic E-state index is 0.0748. The van der Waals surface area contributed by atoms with Gasteiger partial charge in [0.1, 0.15) is 0 Å². The Morgan fingerprint density at radius 3 is 2.54 bits per heavy atom. The van der Waals surface area contributed by atoms with Crippen LogP contribution < -0.4 is 0 Å². The van der Waals surface area contributed by atoms with Gasteiger partial charge in [0.15, 0.2) is 0 Å². The molecule has 1 amide bonds. The van der Waals surface area contributed by atoms with Gasteiger partial charge in [-0.2, -0.15) is 0 Å². The van der Waals surface area contributed by atoms with E-state index in [2.05, 4.69) is 32.7 Å². The molecule has 0 aromatic heterocycles. The van der Waals surface area contributed by atoms with Gasteiger partial charge in [-0.15, -0.1) is 0 Å². The number of rotatable bonds is 1. The van der Waals surface area contributed by atoms with Crippen LogP contribution in [0.3, 0.4) is 0 Å². The fourth-order valence-corrected chi connectivity index (χ4v) is 7.71. The molecule has 0 aromatic rings. The fraction of sp³-hybridized carbons (Fsp3) is 0.952. The molecule has 4 fully saturated rings. The minimum Gasteiger partial charge on any atom is -0.378 e. The molecule has 3 aliphatic carbocycles. The number of carbonyl (C=O) groups is 1. The van der Waals surface area contributed by atoms with E-state index in [-0.39, 0.29) is 5.60 Å². The van der Waals surface area contributed by atoms with Gasteiger partial charge in [0, 0.05) is 26.6 Å². The minimum absolute atomic E-state index is 0.0748. The van der Waals surface area contributed by atoms with Gasteiger partial charge in [0.2, 0.25) is 5.91 Å². The highest BCUT2D eigenvalue weighted by molar-refractivity contribution is 5.77. The Kier molecular flexibility index (Phi) is 3.67. The summed E-state index contributed by atoms with van der Waals surface area (Å²) in [6.07, 6.45) is 9.53. The Bertz CT molecular complexity index is 548. The van der Waals surface area contributed by atoms with E-state index in [4.69, 9.17) is 4.74 Å². The van der Waals surface area contributed by atoms with E-state index in [0.717, 1.165) is 30.6 Å². The first-order chi connectivity index (χ1) is 11.2. The monoisotopic (exact) mass is 333 g/mol. The number of methoxy groups -OCH3 is 1. The van der Waals surface area contributed by atoms with Crippen molar-refractivity contribution < 1.29 is 9.53 Å². The van der Waals surface area contributed by atoms with Crippen molar-refractivity contribution >= 4 is 5.91 Å². The molecule has 3 heteroatoms. The molecule has 3 nitrogen and oxygen atoms in total. The number of amides is 1. The Morgan fingerprint density at radius 2 is 1.83 bits per heavy atom. The molecule has 1 heterocycles. The Balaban J connectivity index is 1.64. The number of ether oxygens (including phenoxy) is 1. The van der Waals surface area contributed by atoms with E-state index in [1.165, 1.54) is 38.5 Å². The third-order valence-electron chi connectivity index (χ3n) is 9.00. The average molecular weight is 334 g/mol. The fourth-order valence-electron chi connectivity index (χ4n) is 7.71. The van der Waals surface area contributed by atoms with Crippen molar-refractivity contribution in [1.82, 2.24) is 4.90 Å². The lowest BCUT2D eigenvalue weighted by Crippen LogP contribution is -2.61. The maximum atomic E-state index is 12.2. The molecule has 4 rings (SSSR count). The first-order valence-corrected chi connectivity index (χ1v) is 10.0. The quantitative estimate of drug-likeness (QED) is 0.718. The molecular weight excluding hydrogens is 298 g/mol. The number of nitrogens with zero attached hydrogens (tertiary/aromatic N) is 1. The van der Waals surface area contributed by atoms with Crippen molar-refractivity contribution in [3.05, 3.63) is 0 Å². The Morgan fingerprint density at radius 1 is 1.08 bits per heavy atom. The lowest BCUT2D eigenvalue weighted by atomic mass is 9.47. The maximum Gasteiger partial charge on any atom is 0.222 e. The largest absolute Gasteiger partial charge is 0.378 e. The van der Waals surface area contributed by atoms with E-state index in [1.807, 2.05) is 7.11 Å². The summed E-state index contributed by atoms with van der Waals surface area (Å²) >= 11 is 0. The van der Waals surface area contributed by atoms with Crippen LogP contribution in [0.25, 0.3) is 0 Å². The van der Waals surface area contributed by atoms with E-state index < -0.39 is 0 Å². The molecule has 1 aliphatic heterocycles. The Hall–Kier alpha value is -0.570. The molecule has 7 atom stereocenters. The van der Waals surface area contributed by atoms with Gasteiger partial charge in [-0.25, -0.2) is 0 Å². The molecular formula is C21H35NO2. The third kappa shape index (κ3) is 2.15. The van der Waals surface area contributed by atoms with Crippen LogP contribution in [0.15, 0.2) is 0 Å². The highest BCUT2D eigenvalue weighted by Gasteiger charge is 2.62. The van der Waals surface area contributed by atoms with Crippen LogP contribution in [0.2, 0.25) is 0 Å². The predicted molar refractivity (Wildman–Crippen MR) is 95.6 cm³/mol. The maximum absolute atomic E-state index is 12.2. The summed E-state index contributed by atoms with van der Waals surface area (Å²) in [7, 11) is 3.95. The summed E-state index contributed by atoms with van der Waals surface area (Å²) in [6.45, 7) is 7.36. The first kappa shape index (κ1) is 16.9. The molecule has 0 aromatic carbocycles. The van der Waals surface area contributed by atoms with Gasteiger partial charge < -0.3 is 9.64 Å². The SMILES string of the molecule is CO[C@@]1(C)C[C@H]2[C@@H]3CC[C@H]4N(C)C(=O)CC[C@]4(C)[C@H]3CC[C@]2(C)C1. The van der Waals surface area contributed by atoms with Crippen molar-refractivity contribution in [2.24, 2.45) is 28.6 Å². The highest BCUT2D eigenvalue weighted by atomic mass is 16.5. The van der Waals surface area contributed by atoms with Gasteiger partial charge in [-0.1, -0.05) is 13.8 Å². The van der Waals surface area contributed by atoms with Gasteiger partial charge in [-0.3, -0.25) is 4.79 Å². The van der Waals surface area contributed by atoms with Crippen LogP contribution in [0, 0.1) is 28.6 Å². The second-order valence-electron chi connectivity index (χ2n) is 10.2. The average Bonchev–Trinajstić information content (AvgIpc) is 2.83. The number of hydrogen-bond acceptors (Lipinski definition) is 2. The van der Waals surface area contributed by atoms with E-state index in [9.17, 15) is 4.79 Å². The van der Waals surface area contributed by atoms with Crippen molar-refractivity contribution in [1.29, 1.82) is 0 Å². The molecule has 0 N–H and O–H groups in total.